The van der Waals surface area contributed by atoms with Gasteiger partial charge in [-0.3, -0.25) is 19.1 Å². The Hall–Kier alpha value is -2.93. The number of aromatic nitrogens is 5. The van der Waals surface area contributed by atoms with E-state index in [1.807, 2.05) is 29.6 Å². The van der Waals surface area contributed by atoms with Gasteiger partial charge >= 0.3 is 5.69 Å². The van der Waals surface area contributed by atoms with Gasteiger partial charge in [0.15, 0.2) is 10.8 Å². The van der Waals surface area contributed by atoms with Crippen molar-refractivity contribution in [3.63, 3.8) is 0 Å². The van der Waals surface area contributed by atoms with Gasteiger partial charge in [0.25, 0.3) is 5.56 Å². The van der Waals surface area contributed by atoms with Crippen LogP contribution < -0.4 is 16.6 Å². The van der Waals surface area contributed by atoms with Gasteiger partial charge in [-0.2, -0.15) is 0 Å². The van der Waals surface area contributed by atoms with Crippen molar-refractivity contribution in [3.8, 4) is 11.3 Å². The first kappa shape index (κ1) is 19.4. The van der Waals surface area contributed by atoms with Crippen molar-refractivity contribution in [3.05, 3.63) is 66.1 Å². The number of rotatable bonds is 4. The van der Waals surface area contributed by atoms with Crippen LogP contribution in [0, 0.1) is 3.57 Å². The quantitative estimate of drug-likeness (QED) is 0.397. The molecule has 1 amide bonds. The highest BCUT2D eigenvalue weighted by atomic mass is 127. The molecule has 0 saturated heterocycles. The van der Waals surface area contributed by atoms with Crippen LogP contribution in [-0.2, 0) is 18.3 Å². The molecule has 9 nitrogen and oxygen atoms in total. The summed E-state index contributed by atoms with van der Waals surface area (Å²) in [5, 5.41) is 5.15. The van der Waals surface area contributed by atoms with Crippen LogP contribution in [0.5, 0.6) is 0 Å². The molecular weight excluding hydrogens is 507 g/mol. The predicted molar refractivity (Wildman–Crippen MR) is 118 cm³/mol. The number of hydrogen-bond donors (Lipinski definition) is 2. The fraction of sp³-hybridized carbons (Fsp3) is 0.111. The molecule has 0 unspecified atom stereocenters. The lowest BCUT2D eigenvalue weighted by molar-refractivity contribution is -0.115. The average molecular weight is 520 g/mol. The number of hydrogen-bond acceptors (Lipinski definition) is 7. The lowest BCUT2D eigenvalue weighted by Gasteiger charge is -2.05. The maximum atomic E-state index is 12.5. The normalized spacial score (nSPS) is 11.0. The second-order valence-electron chi connectivity index (χ2n) is 6.11. The Balaban J connectivity index is 1.57. The van der Waals surface area contributed by atoms with E-state index in [4.69, 9.17) is 0 Å². The van der Waals surface area contributed by atoms with E-state index in [9.17, 15) is 14.4 Å². The zero-order valence-electron chi connectivity index (χ0n) is 15.0. The Bertz CT molecular complexity index is 1340. The molecule has 29 heavy (non-hydrogen) atoms. The van der Waals surface area contributed by atoms with E-state index in [1.165, 1.54) is 24.7 Å². The van der Waals surface area contributed by atoms with Crippen molar-refractivity contribution in [2.24, 2.45) is 7.05 Å². The summed E-state index contributed by atoms with van der Waals surface area (Å²) in [5.74, 6) is -0.373. The molecule has 0 aliphatic carbocycles. The molecule has 4 aromatic rings. The van der Waals surface area contributed by atoms with E-state index in [0.717, 1.165) is 19.4 Å². The lowest BCUT2D eigenvalue weighted by atomic mass is 10.2. The Morgan fingerprint density at radius 3 is 2.76 bits per heavy atom. The lowest BCUT2D eigenvalue weighted by Crippen LogP contribution is -2.33. The number of thiazole rings is 1. The van der Waals surface area contributed by atoms with Gasteiger partial charge in [-0.15, -0.1) is 11.3 Å². The van der Waals surface area contributed by atoms with Crippen molar-refractivity contribution in [2.75, 3.05) is 5.32 Å². The van der Waals surface area contributed by atoms with Gasteiger partial charge in [0.2, 0.25) is 5.91 Å². The maximum Gasteiger partial charge on any atom is 0.329 e. The molecule has 0 fully saturated rings. The van der Waals surface area contributed by atoms with Gasteiger partial charge in [-0.05, 0) is 34.7 Å². The first-order valence-corrected chi connectivity index (χ1v) is 10.3. The van der Waals surface area contributed by atoms with E-state index in [0.29, 0.717) is 5.13 Å². The summed E-state index contributed by atoms with van der Waals surface area (Å²) in [7, 11) is 1.35. The minimum atomic E-state index is -0.581. The van der Waals surface area contributed by atoms with E-state index in [1.54, 1.807) is 0 Å². The number of carbonyl (C=O) groups excluding carboxylic acids is 1. The summed E-state index contributed by atoms with van der Waals surface area (Å²) < 4.78 is 2.04. The number of amides is 1. The number of carbonyl (C=O) groups is 1. The van der Waals surface area contributed by atoms with Crippen molar-refractivity contribution in [1.29, 1.82) is 0 Å². The van der Waals surface area contributed by atoms with Gasteiger partial charge in [0, 0.05) is 21.6 Å². The number of nitrogens with zero attached hydrogens (tertiary/aromatic N) is 4. The second kappa shape index (κ2) is 7.83. The molecule has 4 rings (SSSR count). The highest BCUT2D eigenvalue weighted by Gasteiger charge is 2.16. The topological polar surface area (TPSA) is 123 Å². The van der Waals surface area contributed by atoms with E-state index in [-0.39, 0.29) is 29.1 Å². The molecule has 0 radical (unpaired) electrons. The third-order valence-electron chi connectivity index (χ3n) is 4.19. The van der Waals surface area contributed by atoms with Gasteiger partial charge in [0.1, 0.15) is 11.7 Å². The van der Waals surface area contributed by atoms with Crippen LogP contribution in [0.15, 0.2) is 45.6 Å². The monoisotopic (exact) mass is 520 g/mol. The molecule has 0 bridgehead atoms. The summed E-state index contributed by atoms with van der Waals surface area (Å²) in [6, 6.07) is 7.90. The molecule has 0 spiro atoms. The van der Waals surface area contributed by atoms with E-state index < -0.39 is 11.2 Å². The molecular formula is C18H13IN6O3S. The number of fused-ring (bicyclic) bond motifs is 1. The minimum Gasteiger partial charge on any atom is -0.302 e. The van der Waals surface area contributed by atoms with E-state index in [2.05, 4.69) is 47.8 Å². The summed E-state index contributed by atoms with van der Waals surface area (Å²) in [6.07, 6.45) is 1.05. The second-order valence-corrected chi connectivity index (χ2v) is 8.21. The van der Waals surface area contributed by atoms with Gasteiger partial charge in [-0.1, -0.05) is 12.1 Å². The average Bonchev–Trinajstić information content (AvgIpc) is 3.15. The van der Waals surface area contributed by atoms with Crippen molar-refractivity contribution in [2.45, 2.75) is 6.42 Å². The molecule has 3 heterocycles. The molecule has 3 aromatic heterocycles. The largest absolute Gasteiger partial charge is 0.329 e. The van der Waals surface area contributed by atoms with Gasteiger partial charge in [-0.25, -0.2) is 19.7 Å². The fourth-order valence-corrected chi connectivity index (χ4v) is 3.82. The Morgan fingerprint density at radius 2 is 2.00 bits per heavy atom. The van der Waals surface area contributed by atoms with E-state index >= 15 is 0 Å². The zero-order valence-corrected chi connectivity index (χ0v) is 17.9. The summed E-state index contributed by atoms with van der Waals surface area (Å²) in [4.78, 5) is 51.5. The maximum absolute atomic E-state index is 12.5. The molecule has 2 N–H and O–H groups in total. The minimum absolute atomic E-state index is 0.103. The van der Waals surface area contributed by atoms with Crippen LogP contribution in [0.2, 0.25) is 0 Å². The number of halogens is 1. The van der Waals surface area contributed by atoms with Crippen molar-refractivity contribution < 1.29 is 4.79 Å². The third kappa shape index (κ3) is 3.96. The number of benzene rings is 1. The third-order valence-corrected chi connectivity index (χ3v) is 5.67. The van der Waals surface area contributed by atoms with Crippen LogP contribution in [-0.4, -0.2) is 30.4 Å². The van der Waals surface area contributed by atoms with Gasteiger partial charge in [0.05, 0.1) is 17.8 Å². The predicted octanol–water partition coefficient (Wildman–Crippen LogP) is 1.93. The smallest absolute Gasteiger partial charge is 0.302 e. The highest BCUT2D eigenvalue weighted by Crippen LogP contribution is 2.25. The first-order valence-electron chi connectivity index (χ1n) is 8.36. The van der Waals surface area contributed by atoms with Crippen LogP contribution in [0.3, 0.4) is 0 Å². The highest BCUT2D eigenvalue weighted by molar-refractivity contribution is 14.1. The number of anilines is 1. The first-order chi connectivity index (χ1) is 13.9. The SMILES string of the molecule is Cn1c(=O)[nH]c2ncnc(CC(=O)Nc3nc(-c4ccc(I)cc4)cs3)c2c1=O. The Kier molecular flexibility index (Phi) is 5.24. The summed E-state index contributed by atoms with van der Waals surface area (Å²) >= 11 is 3.54. The Labute approximate surface area is 181 Å². The van der Waals surface area contributed by atoms with Crippen LogP contribution in [0.1, 0.15) is 5.69 Å². The summed E-state index contributed by atoms with van der Waals surface area (Å²) in [6.45, 7) is 0. The van der Waals surface area contributed by atoms with Gasteiger partial charge < -0.3 is 5.32 Å². The number of nitrogens with one attached hydrogen (secondary N) is 2. The molecule has 0 saturated carbocycles. The van der Waals surface area contributed by atoms with Crippen LogP contribution in [0.4, 0.5) is 5.13 Å². The Morgan fingerprint density at radius 1 is 1.24 bits per heavy atom. The standard InChI is InChI=1S/C18H13IN6O3S/c1-25-16(27)14-11(20-8-21-15(14)24-18(25)28)6-13(26)23-17-22-12(7-29-17)9-2-4-10(19)5-3-9/h2-5,7-8H,6H2,1H3,(H,22,23,26)(H,20,21,24,28). The molecule has 146 valence electrons. The summed E-state index contributed by atoms with van der Waals surface area (Å²) in [5.41, 5.74) is 0.923. The van der Waals surface area contributed by atoms with Crippen LogP contribution in [0.25, 0.3) is 22.3 Å². The number of H-pyrrole nitrogens is 1. The molecule has 1 aromatic carbocycles. The molecule has 0 aliphatic heterocycles. The molecule has 11 heteroatoms. The molecule has 0 atom stereocenters. The van der Waals surface area contributed by atoms with Crippen molar-refractivity contribution >= 4 is 56.0 Å². The molecule has 0 aliphatic rings. The zero-order chi connectivity index (χ0) is 20.5. The number of aromatic amines is 1. The van der Waals surface area contributed by atoms with Crippen molar-refractivity contribution in [1.82, 2.24) is 24.5 Å². The van der Waals surface area contributed by atoms with Crippen LogP contribution >= 0.6 is 33.9 Å². The fourth-order valence-electron chi connectivity index (χ4n) is 2.72.